The molecule has 0 heterocycles. The third kappa shape index (κ3) is 7.61. The number of hydrogen-bond donors (Lipinski definition) is 1. The summed E-state index contributed by atoms with van der Waals surface area (Å²) in [6.45, 7) is 8.33. The van der Waals surface area contributed by atoms with E-state index >= 15 is 0 Å². The van der Waals surface area contributed by atoms with Crippen LogP contribution in [-0.4, -0.2) is 43.8 Å². The lowest BCUT2D eigenvalue weighted by atomic mass is 10.1. The number of anilines is 1. The van der Waals surface area contributed by atoms with E-state index in [1.165, 1.54) is 47.4 Å². The highest BCUT2D eigenvalue weighted by Crippen LogP contribution is 2.30. The van der Waals surface area contributed by atoms with Crippen LogP contribution >= 0.6 is 11.6 Å². The zero-order valence-electron chi connectivity index (χ0n) is 23.3. The number of nitrogens with zero attached hydrogens (tertiary/aromatic N) is 2. The van der Waals surface area contributed by atoms with Crippen LogP contribution in [0, 0.1) is 19.7 Å². The molecular formula is C30H35ClFN3O4S. The molecule has 0 spiro atoms. The van der Waals surface area contributed by atoms with Crippen molar-refractivity contribution in [2.75, 3.05) is 10.8 Å². The molecule has 0 fully saturated rings. The van der Waals surface area contributed by atoms with Crippen molar-refractivity contribution >= 4 is 39.1 Å². The fraction of sp³-hybridized carbons (Fsp3) is 0.333. The summed E-state index contributed by atoms with van der Waals surface area (Å²) < 4.78 is 42.5. The smallest absolute Gasteiger partial charge is 0.264 e. The Hall–Kier alpha value is -3.43. The SMILES string of the molecule is CCC(C)NC(=O)C(C)N(Cc1ccc(F)cc1)C(=O)CN(c1cc(Cl)ccc1C)S(=O)(=O)c1ccc(C)cc1. The molecule has 3 aromatic carbocycles. The minimum absolute atomic E-state index is 0.0120. The molecule has 2 atom stereocenters. The highest BCUT2D eigenvalue weighted by Gasteiger charge is 2.33. The third-order valence-corrected chi connectivity index (χ3v) is 8.77. The molecule has 0 aliphatic carbocycles. The highest BCUT2D eigenvalue weighted by molar-refractivity contribution is 7.92. The first-order valence-corrected chi connectivity index (χ1v) is 14.8. The van der Waals surface area contributed by atoms with E-state index in [9.17, 15) is 22.4 Å². The fourth-order valence-corrected chi connectivity index (χ4v) is 5.67. The van der Waals surface area contributed by atoms with Crippen LogP contribution in [0.1, 0.15) is 43.9 Å². The van der Waals surface area contributed by atoms with E-state index in [0.717, 1.165) is 9.87 Å². The Morgan fingerprint density at radius 3 is 2.20 bits per heavy atom. The quantitative estimate of drug-likeness (QED) is 0.315. The van der Waals surface area contributed by atoms with Crippen molar-refractivity contribution in [3.8, 4) is 0 Å². The predicted octanol–water partition coefficient (Wildman–Crippen LogP) is 5.62. The van der Waals surface area contributed by atoms with Crippen molar-refractivity contribution in [2.24, 2.45) is 0 Å². The lowest BCUT2D eigenvalue weighted by Gasteiger charge is -2.33. The summed E-state index contributed by atoms with van der Waals surface area (Å²) in [5.41, 5.74) is 2.32. The molecule has 0 aliphatic rings. The van der Waals surface area contributed by atoms with Gasteiger partial charge in [-0.3, -0.25) is 13.9 Å². The van der Waals surface area contributed by atoms with Gasteiger partial charge < -0.3 is 10.2 Å². The van der Waals surface area contributed by atoms with E-state index in [0.29, 0.717) is 22.6 Å². The van der Waals surface area contributed by atoms with Gasteiger partial charge in [0, 0.05) is 17.6 Å². The second-order valence-electron chi connectivity index (χ2n) is 9.90. The van der Waals surface area contributed by atoms with Crippen LogP contribution in [-0.2, 0) is 26.2 Å². The number of halogens is 2. The average molecular weight is 588 g/mol. The number of nitrogens with one attached hydrogen (secondary N) is 1. The van der Waals surface area contributed by atoms with Gasteiger partial charge in [0.1, 0.15) is 18.4 Å². The Labute approximate surface area is 241 Å². The second kappa shape index (κ2) is 13.3. The van der Waals surface area contributed by atoms with Crippen molar-refractivity contribution < 1.29 is 22.4 Å². The minimum atomic E-state index is -4.21. The minimum Gasteiger partial charge on any atom is -0.352 e. The van der Waals surface area contributed by atoms with Gasteiger partial charge in [0.15, 0.2) is 0 Å². The predicted molar refractivity (Wildman–Crippen MR) is 156 cm³/mol. The van der Waals surface area contributed by atoms with Gasteiger partial charge in [0.25, 0.3) is 10.0 Å². The molecular weight excluding hydrogens is 553 g/mol. The summed E-state index contributed by atoms with van der Waals surface area (Å²) in [4.78, 5) is 28.4. The molecule has 0 aliphatic heterocycles. The summed E-state index contributed by atoms with van der Waals surface area (Å²) in [6.07, 6.45) is 0.695. The van der Waals surface area contributed by atoms with E-state index in [1.54, 1.807) is 38.1 Å². The Kier molecular flexibility index (Phi) is 10.3. The van der Waals surface area contributed by atoms with Crippen molar-refractivity contribution in [3.05, 3.63) is 94.3 Å². The Morgan fingerprint density at radius 2 is 1.60 bits per heavy atom. The fourth-order valence-electron chi connectivity index (χ4n) is 4.04. The standard InChI is InChI=1S/C30H35ClFN3O4S/c1-6-22(4)33-30(37)23(5)34(18-24-10-13-26(32)14-11-24)29(36)19-35(28-17-25(31)12-9-21(28)3)40(38,39)27-15-7-20(2)8-16-27/h7-17,22-23H,6,18-19H2,1-5H3,(H,33,37). The van der Waals surface area contributed by atoms with Gasteiger partial charge in [-0.2, -0.15) is 0 Å². The van der Waals surface area contributed by atoms with E-state index in [4.69, 9.17) is 11.6 Å². The Balaban J connectivity index is 2.06. The molecule has 214 valence electrons. The van der Waals surface area contributed by atoms with Crippen molar-refractivity contribution in [1.29, 1.82) is 0 Å². The first kappa shape index (κ1) is 31.1. The first-order chi connectivity index (χ1) is 18.8. The molecule has 10 heteroatoms. The van der Waals surface area contributed by atoms with Crippen LogP contribution in [0.2, 0.25) is 5.02 Å². The van der Waals surface area contributed by atoms with Gasteiger partial charge in [0.2, 0.25) is 11.8 Å². The molecule has 0 radical (unpaired) electrons. The van der Waals surface area contributed by atoms with Crippen molar-refractivity contribution in [2.45, 2.75) is 64.6 Å². The number of carbonyl (C=O) groups is 2. The van der Waals surface area contributed by atoms with Crippen molar-refractivity contribution in [1.82, 2.24) is 10.2 Å². The molecule has 2 unspecified atom stereocenters. The zero-order chi connectivity index (χ0) is 29.6. The van der Waals surface area contributed by atoms with E-state index in [-0.39, 0.29) is 29.1 Å². The third-order valence-electron chi connectivity index (χ3n) is 6.76. The van der Waals surface area contributed by atoms with E-state index in [1.807, 2.05) is 20.8 Å². The molecule has 0 saturated heterocycles. The summed E-state index contributed by atoms with van der Waals surface area (Å²) >= 11 is 6.25. The maximum atomic E-state index is 14.0. The Morgan fingerprint density at radius 1 is 0.975 bits per heavy atom. The maximum Gasteiger partial charge on any atom is 0.264 e. The van der Waals surface area contributed by atoms with Gasteiger partial charge in [-0.05, 0) is 81.6 Å². The number of benzene rings is 3. The summed E-state index contributed by atoms with van der Waals surface area (Å²) in [6, 6.07) is 15.7. The van der Waals surface area contributed by atoms with Gasteiger partial charge in [0.05, 0.1) is 10.6 Å². The number of sulfonamides is 1. The lowest BCUT2D eigenvalue weighted by Crippen LogP contribution is -2.52. The molecule has 0 aromatic heterocycles. The molecule has 0 saturated carbocycles. The zero-order valence-corrected chi connectivity index (χ0v) is 24.9. The monoisotopic (exact) mass is 587 g/mol. The number of carbonyl (C=O) groups excluding carboxylic acids is 2. The topological polar surface area (TPSA) is 86.8 Å². The van der Waals surface area contributed by atoms with Crippen LogP contribution in [0.5, 0.6) is 0 Å². The van der Waals surface area contributed by atoms with E-state index in [2.05, 4.69) is 5.32 Å². The molecule has 7 nitrogen and oxygen atoms in total. The summed E-state index contributed by atoms with van der Waals surface area (Å²) in [7, 11) is -4.21. The van der Waals surface area contributed by atoms with Crippen LogP contribution in [0.25, 0.3) is 0 Å². The largest absolute Gasteiger partial charge is 0.352 e. The average Bonchev–Trinajstić information content (AvgIpc) is 2.92. The maximum absolute atomic E-state index is 14.0. The van der Waals surface area contributed by atoms with Gasteiger partial charge in [-0.1, -0.05) is 54.4 Å². The highest BCUT2D eigenvalue weighted by atomic mass is 35.5. The lowest BCUT2D eigenvalue weighted by molar-refractivity contribution is -0.139. The van der Waals surface area contributed by atoms with E-state index < -0.39 is 34.3 Å². The van der Waals surface area contributed by atoms with Crippen LogP contribution in [0.4, 0.5) is 10.1 Å². The normalized spacial score (nSPS) is 12.9. The molecule has 3 rings (SSSR count). The molecule has 2 amide bonds. The molecule has 40 heavy (non-hydrogen) atoms. The van der Waals surface area contributed by atoms with Crippen LogP contribution in [0.3, 0.4) is 0 Å². The van der Waals surface area contributed by atoms with Crippen LogP contribution < -0.4 is 9.62 Å². The second-order valence-corrected chi connectivity index (χ2v) is 12.2. The van der Waals surface area contributed by atoms with Gasteiger partial charge >= 0.3 is 0 Å². The molecule has 1 N–H and O–H groups in total. The number of aryl methyl sites for hydroxylation is 2. The first-order valence-electron chi connectivity index (χ1n) is 13.0. The number of rotatable bonds is 11. The van der Waals surface area contributed by atoms with Crippen LogP contribution in [0.15, 0.2) is 71.6 Å². The molecule has 3 aromatic rings. The number of amides is 2. The number of hydrogen-bond acceptors (Lipinski definition) is 4. The van der Waals surface area contributed by atoms with Gasteiger partial charge in [-0.25, -0.2) is 12.8 Å². The summed E-state index contributed by atoms with van der Waals surface area (Å²) in [5, 5.41) is 3.19. The Bertz CT molecular complexity index is 1450. The molecule has 0 bridgehead atoms. The van der Waals surface area contributed by atoms with Crippen molar-refractivity contribution in [3.63, 3.8) is 0 Å². The summed E-state index contributed by atoms with van der Waals surface area (Å²) in [5.74, 6) is -1.42. The van der Waals surface area contributed by atoms with Gasteiger partial charge in [-0.15, -0.1) is 0 Å².